The van der Waals surface area contributed by atoms with E-state index in [1.807, 2.05) is 0 Å². The van der Waals surface area contributed by atoms with Crippen LogP contribution in [0.5, 0.6) is 0 Å². The van der Waals surface area contributed by atoms with Crippen LogP contribution in [0.2, 0.25) is 0 Å². The molecule has 3 N–H and O–H groups in total. The van der Waals surface area contributed by atoms with Crippen molar-refractivity contribution in [3.8, 4) is 0 Å². The van der Waals surface area contributed by atoms with Gasteiger partial charge < -0.3 is 10.8 Å². The lowest BCUT2D eigenvalue weighted by Gasteiger charge is -2.00. The maximum atomic E-state index is 10.7. The number of nitrogen functional groups attached to an aromatic ring is 1. The van der Waals surface area contributed by atoms with Gasteiger partial charge in [-0.1, -0.05) is 12.2 Å². The van der Waals surface area contributed by atoms with Gasteiger partial charge >= 0.3 is 5.97 Å². The van der Waals surface area contributed by atoms with E-state index in [9.17, 15) is 4.79 Å². The van der Waals surface area contributed by atoms with Crippen molar-refractivity contribution in [3.05, 3.63) is 35.4 Å². The second-order valence-electron chi connectivity index (χ2n) is 2.75. The number of halogens is 1. The normalized spacial score (nSPS) is 10.6. The smallest absolute Gasteiger partial charge is 0.335 e. The van der Waals surface area contributed by atoms with Gasteiger partial charge in [0.1, 0.15) is 0 Å². The van der Waals surface area contributed by atoms with Gasteiger partial charge in [-0.3, -0.25) is 0 Å². The molecule has 0 heterocycles. The third-order valence-electron chi connectivity index (χ3n) is 1.62. The summed E-state index contributed by atoms with van der Waals surface area (Å²) in [6, 6.07) is 4.65. The lowest BCUT2D eigenvalue weighted by molar-refractivity contribution is 0.0697. The summed E-state index contributed by atoms with van der Waals surface area (Å²) < 4.78 is 0. The summed E-state index contributed by atoms with van der Waals surface area (Å²) in [5.41, 5.74) is 6.89. The Morgan fingerprint density at radius 2 is 2.21 bits per heavy atom. The summed E-state index contributed by atoms with van der Waals surface area (Å²) in [7, 11) is 0. The summed E-state index contributed by atoms with van der Waals surface area (Å²) in [6.45, 7) is 0. The Bertz CT molecular complexity index is 374. The minimum Gasteiger partial charge on any atom is -0.478 e. The van der Waals surface area contributed by atoms with Crippen LogP contribution in [0.4, 0.5) is 5.69 Å². The molecule has 1 rings (SSSR count). The van der Waals surface area contributed by atoms with Crippen LogP contribution < -0.4 is 5.73 Å². The van der Waals surface area contributed by atoms with E-state index in [0.717, 1.165) is 5.56 Å². The Morgan fingerprint density at radius 3 is 2.79 bits per heavy atom. The number of alkyl halides is 1. The average Bonchev–Trinajstić information content (AvgIpc) is 2.14. The van der Waals surface area contributed by atoms with Crippen LogP contribution in [0.15, 0.2) is 24.3 Å². The van der Waals surface area contributed by atoms with Gasteiger partial charge in [-0.05, 0) is 23.8 Å². The number of carbonyl (C=O) groups is 1. The molecular weight excluding hydrogens is 202 g/mol. The van der Waals surface area contributed by atoms with Gasteiger partial charge in [0.05, 0.1) is 5.56 Å². The molecule has 14 heavy (non-hydrogen) atoms. The maximum absolute atomic E-state index is 10.7. The standard InChI is InChI=1S/C10H10ClNO2/c11-3-1-2-7-4-8(10(13)14)6-9(12)5-7/h1-2,4-6H,3,12H2,(H,13,14). The molecule has 0 spiro atoms. The van der Waals surface area contributed by atoms with Gasteiger partial charge in [-0.25, -0.2) is 4.79 Å². The number of rotatable bonds is 3. The number of nitrogens with two attached hydrogens (primary N) is 1. The zero-order valence-electron chi connectivity index (χ0n) is 7.40. The van der Waals surface area contributed by atoms with Crippen molar-refractivity contribution in [2.75, 3.05) is 11.6 Å². The highest BCUT2D eigenvalue weighted by molar-refractivity contribution is 6.19. The Balaban J connectivity index is 3.07. The maximum Gasteiger partial charge on any atom is 0.335 e. The number of carboxylic acid groups (broad SMARTS) is 1. The fourth-order valence-corrected chi connectivity index (χ4v) is 1.17. The molecule has 0 radical (unpaired) electrons. The molecule has 0 bridgehead atoms. The minimum absolute atomic E-state index is 0.180. The summed E-state index contributed by atoms with van der Waals surface area (Å²) in [5, 5.41) is 8.75. The van der Waals surface area contributed by atoms with Gasteiger partial charge in [0.15, 0.2) is 0 Å². The van der Waals surface area contributed by atoms with Crippen LogP contribution in [0, 0.1) is 0 Å². The van der Waals surface area contributed by atoms with Crippen LogP contribution in [0.1, 0.15) is 15.9 Å². The molecule has 1 aromatic carbocycles. The number of aromatic carboxylic acids is 1. The molecule has 0 aliphatic carbocycles. The Hall–Kier alpha value is -1.48. The topological polar surface area (TPSA) is 63.3 Å². The van der Waals surface area contributed by atoms with E-state index in [-0.39, 0.29) is 5.56 Å². The predicted molar refractivity (Wildman–Crippen MR) is 57.6 cm³/mol. The van der Waals surface area contributed by atoms with Crippen molar-refractivity contribution in [2.45, 2.75) is 0 Å². The van der Waals surface area contributed by atoms with Crippen molar-refractivity contribution in [1.29, 1.82) is 0 Å². The largest absolute Gasteiger partial charge is 0.478 e. The zero-order chi connectivity index (χ0) is 10.6. The zero-order valence-corrected chi connectivity index (χ0v) is 8.16. The number of allylic oxidation sites excluding steroid dienone is 1. The molecule has 0 fully saturated rings. The highest BCUT2D eigenvalue weighted by Crippen LogP contribution is 2.13. The first-order chi connectivity index (χ1) is 6.63. The summed E-state index contributed by atoms with van der Waals surface area (Å²) in [5.74, 6) is -0.602. The molecule has 0 saturated heterocycles. The quantitative estimate of drug-likeness (QED) is 0.595. The summed E-state index contributed by atoms with van der Waals surface area (Å²) in [6.07, 6.45) is 3.46. The monoisotopic (exact) mass is 211 g/mol. The molecule has 0 saturated carbocycles. The first kappa shape index (κ1) is 10.6. The lowest BCUT2D eigenvalue weighted by atomic mass is 10.1. The van der Waals surface area contributed by atoms with Crippen molar-refractivity contribution >= 4 is 29.3 Å². The number of hydrogen-bond acceptors (Lipinski definition) is 2. The van der Waals surface area contributed by atoms with Crippen LogP contribution >= 0.6 is 11.6 Å². The first-order valence-corrected chi connectivity index (χ1v) is 4.53. The molecule has 0 amide bonds. The molecule has 0 aliphatic rings. The van der Waals surface area contributed by atoms with Crippen molar-refractivity contribution in [3.63, 3.8) is 0 Å². The molecule has 3 nitrogen and oxygen atoms in total. The highest BCUT2D eigenvalue weighted by atomic mass is 35.5. The van der Waals surface area contributed by atoms with Crippen molar-refractivity contribution in [1.82, 2.24) is 0 Å². The molecule has 0 aliphatic heterocycles. The van der Waals surface area contributed by atoms with E-state index >= 15 is 0 Å². The third-order valence-corrected chi connectivity index (χ3v) is 1.80. The molecule has 0 aromatic heterocycles. The molecule has 4 heteroatoms. The number of hydrogen-bond donors (Lipinski definition) is 2. The van der Waals surface area contributed by atoms with Crippen LogP contribution in [0.3, 0.4) is 0 Å². The van der Waals surface area contributed by atoms with Gasteiger partial charge in [-0.15, -0.1) is 11.6 Å². The first-order valence-electron chi connectivity index (χ1n) is 4.00. The second-order valence-corrected chi connectivity index (χ2v) is 3.06. The van der Waals surface area contributed by atoms with E-state index in [4.69, 9.17) is 22.4 Å². The molecule has 74 valence electrons. The number of anilines is 1. The number of carboxylic acids is 1. The Labute approximate surface area is 86.8 Å². The molecule has 0 unspecified atom stereocenters. The second kappa shape index (κ2) is 4.67. The van der Waals surface area contributed by atoms with Crippen LogP contribution in [-0.2, 0) is 0 Å². The van der Waals surface area contributed by atoms with Gasteiger partial charge in [-0.2, -0.15) is 0 Å². The molecule has 0 atom stereocenters. The van der Waals surface area contributed by atoms with E-state index in [1.54, 1.807) is 24.3 Å². The van der Waals surface area contributed by atoms with Crippen LogP contribution in [-0.4, -0.2) is 17.0 Å². The van der Waals surface area contributed by atoms with E-state index in [1.165, 1.54) is 6.07 Å². The van der Waals surface area contributed by atoms with Gasteiger partial charge in [0, 0.05) is 11.6 Å². The van der Waals surface area contributed by atoms with E-state index in [2.05, 4.69) is 0 Å². The molecular formula is C10H10ClNO2. The fraction of sp³-hybridized carbons (Fsp3) is 0.100. The SMILES string of the molecule is Nc1cc(C=CCCl)cc(C(=O)O)c1. The van der Waals surface area contributed by atoms with Crippen LogP contribution in [0.25, 0.3) is 6.08 Å². The van der Waals surface area contributed by atoms with Gasteiger partial charge in [0.2, 0.25) is 0 Å². The number of benzene rings is 1. The Kier molecular flexibility index (Phi) is 3.54. The van der Waals surface area contributed by atoms with Gasteiger partial charge in [0.25, 0.3) is 0 Å². The minimum atomic E-state index is -0.988. The molecule has 1 aromatic rings. The fourth-order valence-electron chi connectivity index (χ4n) is 1.08. The van der Waals surface area contributed by atoms with E-state index < -0.39 is 5.97 Å². The summed E-state index contributed by atoms with van der Waals surface area (Å²) in [4.78, 5) is 10.7. The Morgan fingerprint density at radius 1 is 1.50 bits per heavy atom. The third kappa shape index (κ3) is 2.78. The summed E-state index contributed by atoms with van der Waals surface area (Å²) >= 11 is 5.46. The van der Waals surface area contributed by atoms with Crippen molar-refractivity contribution < 1.29 is 9.90 Å². The van der Waals surface area contributed by atoms with Crippen molar-refractivity contribution in [2.24, 2.45) is 0 Å². The van der Waals surface area contributed by atoms with E-state index in [0.29, 0.717) is 11.6 Å². The average molecular weight is 212 g/mol. The lowest BCUT2D eigenvalue weighted by Crippen LogP contribution is -1.98. The predicted octanol–water partition coefficient (Wildman–Crippen LogP) is 2.22. The highest BCUT2D eigenvalue weighted by Gasteiger charge is 2.03.